The summed E-state index contributed by atoms with van der Waals surface area (Å²) in [5.74, 6) is 0.967. The molecule has 1 fully saturated rings. The van der Waals surface area contributed by atoms with Crippen LogP contribution in [-0.4, -0.2) is 41.1 Å². The van der Waals surface area contributed by atoms with E-state index in [9.17, 15) is 8.42 Å². The highest BCUT2D eigenvalue weighted by molar-refractivity contribution is 7.91. The molecule has 122 valence electrons. The lowest BCUT2D eigenvalue weighted by atomic mass is 10.3. The van der Waals surface area contributed by atoms with E-state index in [4.69, 9.17) is 23.2 Å². The van der Waals surface area contributed by atoms with Crippen LogP contribution in [0.5, 0.6) is 0 Å². The fourth-order valence-electron chi connectivity index (χ4n) is 2.26. The number of aromatic nitrogens is 3. The van der Waals surface area contributed by atoms with E-state index in [0.717, 1.165) is 0 Å². The number of hydrogen-bond donors (Lipinski definition) is 2. The number of sulfone groups is 1. The first kappa shape index (κ1) is 16.2. The summed E-state index contributed by atoms with van der Waals surface area (Å²) in [6.45, 7) is 0. The average Bonchev–Trinajstić information content (AvgIpc) is 2.82. The average molecular weight is 374 g/mol. The van der Waals surface area contributed by atoms with Gasteiger partial charge in [-0.3, -0.25) is 0 Å². The number of anilines is 3. The first-order chi connectivity index (χ1) is 10.9. The molecule has 2 aromatic rings. The second-order valence-electron chi connectivity index (χ2n) is 5.16. The van der Waals surface area contributed by atoms with Gasteiger partial charge in [0.25, 0.3) is 0 Å². The summed E-state index contributed by atoms with van der Waals surface area (Å²) >= 11 is 12.0. The van der Waals surface area contributed by atoms with Gasteiger partial charge < -0.3 is 10.6 Å². The van der Waals surface area contributed by atoms with E-state index >= 15 is 0 Å². The molecule has 1 atom stereocenters. The lowest BCUT2D eigenvalue weighted by Crippen LogP contribution is -2.21. The number of nitrogens with zero attached hydrogens (tertiary/aromatic N) is 3. The Balaban J connectivity index is 1.74. The van der Waals surface area contributed by atoms with Gasteiger partial charge in [0.2, 0.25) is 5.95 Å². The summed E-state index contributed by atoms with van der Waals surface area (Å²) in [7, 11) is -2.96. The largest absolute Gasteiger partial charge is 0.365 e. The number of rotatable bonds is 4. The van der Waals surface area contributed by atoms with Gasteiger partial charge in [-0.15, -0.1) is 5.10 Å². The zero-order valence-corrected chi connectivity index (χ0v) is 14.2. The minimum Gasteiger partial charge on any atom is -0.365 e. The SMILES string of the molecule is O=S1(=O)CCC(Nc2cnnc(Nc3cc(Cl)ccc3Cl)n2)C1. The van der Waals surface area contributed by atoms with Gasteiger partial charge in [-0.25, -0.2) is 8.42 Å². The fraction of sp³-hybridized carbons (Fsp3) is 0.308. The van der Waals surface area contributed by atoms with E-state index in [1.165, 1.54) is 6.20 Å². The van der Waals surface area contributed by atoms with Crippen molar-refractivity contribution in [2.45, 2.75) is 12.5 Å². The Bertz CT molecular complexity index is 831. The Kier molecular flexibility index (Phi) is 4.56. The highest BCUT2D eigenvalue weighted by atomic mass is 35.5. The van der Waals surface area contributed by atoms with Gasteiger partial charge >= 0.3 is 0 Å². The van der Waals surface area contributed by atoms with Crippen LogP contribution in [0.2, 0.25) is 10.0 Å². The van der Waals surface area contributed by atoms with Crippen LogP contribution in [0.15, 0.2) is 24.4 Å². The molecule has 1 aliphatic rings. The minimum atomic E-state index is -2.96. The maximum atomic E-state index is 11.5. The highest BCUT2D eigenvalue weighted by Crippen LogP contribution is 2.27. The molecule has 0 spiro atoms. The van der Waals surface area contributed by atoms with Crippen LogP contribution in [0, 0.1) is 0 Å². The third-order valence-electron chi connectivity index (χ3n) is 3.32. The molecule has 7 nitrogen and oxygen atoms in total. The van der Waals surface area contributed by atoms with Crippen LogP contribution in [0.25, 0.3) is 0 Å². The smallest absolute Gasteiger partial charge is 0.249 e. The maximum Gasteiger partial charge on any atom is 0.249 e. The standard InChI is InChI=1S/C13H13Cl2N5O2S/c14-8-1-2-10(15)11(5-8)18-13-19-12(6-16-20-13)17-9-3-4-23(21,22)7-9/h1-2,5-6,9H,3-4,7H2,(H2,17,18,19,20). The van der Waals surface area contributed by atoms with Crippen LogP contribution in [0.4, 0.5) is 17.5 Å². The Labute approximate surface area is 143 Å². The molecule has 0 aliphatic carbocycles. The van der Waals surface area contributed by atoms with Crippen molar-refractivity contribution >= 4 is 50.5 Å². The van der Waals surface area contributed by atoms with Gasteiger partial charge in [0.15, 0.2) is 15.7 Å². The topological polar surface area (TPSA) is 96.9 Å². The van der Waals surface area contributed by atoms with E-state index in [1.807, 2.05) is 0 Å². The second kappa shape index (κ2) is 6.46. The Morgan fingerprint density at radius 3 is 2.83 bits per heavy atom. The van der Waals surface area contributed by atoms with Gasteiger partial charge in [-0.1, -0.05) is 23.2 Å². The molecule has 1 unspecified atom stereocenters. The summed E-state index contributed by atoms with van der Waals surface area (Å²) in [6.07, 6.45) is 1.99. The molecule has 2 N–H and O–H groups in total. The van der Waals surface area contributed by atoms with Gasteiger partial charge in [0, 0.05) is 11.1 Å². The van der Waals surface area contributed by atoms with Gasteiger partial charge in [0.1, 0.15) is 0 Å². The molecule has 1 aromatic heterocycles. The molecule has 2 heterocycles. The third kappa shape index (κ3) is 4.21. The molecule has 1 aromatic carbocycles. The van der Waals surface area contributed by atoms with E-state index in [1.54, 1.807) is 18.2 Å². The van der Waals surface area contributed by atoms with Crippen molar-refractivity contribution in [3.63, 3.8) is 0 Å². The third-order valence-corrected chi connectivity index (χ3v) is 5.65. The van der Waals surface area contributed by atoms with Crippen LogP contribution in [0.3, 0.4) is 0 Å². The minimum absolute atomic E-state index is 0.0971. The molecule has 0 amide bonds. The van der Waals surface area contributed by atoms with Crippen LogP contribution in [0.1, 0.15) is 6.42 Å². The summed E-state index contributed by atoms with van der Waals surface area (Å²) in [5, 5.41) is 14.7. The van der Waals surface area contributed by atoms with Crippen molar-refractivity contribution in [3.8, 4) is 0 Å². The first-order valence-corrected chi connectivity index (χ1v) is 9.38. The monoisotopic (exact) mass is 373 g/mol. The molecule has 10 heteroatoms. The number of hydrogen-bond acceptors (Lipinski definition) is 7. The Hall–Kier alpha value is -1.64. The molecular weight excluding hydrogens is 361 g/mol. The predicted molar refractivity (Wildman–Crippen MR) is 90.3 cm³/mol. The molecule has 3 rings (SSSR count). The van der Waals surface area contributed by atoms with E-state index in [0.29, 0.717) is 28.0 Å². The van der Waals surface area contributed by atoms with Crippen molar-refractivity contribution in [2.24, 2.45) is 0 Å². The van der Waals surface area contributed by atoms with E-state index in [-0.39, 0.29) is 23.5 Å². The van der Waals surface area contributed by atoms with Crippen LogP contribution < -0.4 is 10.6 Å². The molecule has 0 saturated carbocycles. The highest BCUT2D eigenvalue weighted by Gasteiger charge is 2.28. The van der Waals surface area contributed by atoms with Crippen LogP contribution in [-0.2, 0) is 9.84 Å². The summed E-state index contributed by atoms with van der Waals surface area (Å²) < 4.78 is 23.0. The zero-order valence-electron chi connectivity index (χ0n) is 11.8. The fourth-order valence-corrected chi connectivity index (χ4v) is 4.27. The summed E-state index contributed by atoms with van der Waals surface area (Å²) in [4.78, 5) is 4.26. The van der Waals surface area contributed by atoms with Gasteiger partial charge in [-0.05, 0) is 24.6 Å². The molecule has 0 bridgehead atoms. The van der Waals surface area contributed by atoms with Crippen LogP contribution >= 0.6 is 23.2 Å². The van der Waals surface area contributed by atoms with E-state index < -0.39 is 9.84 Å². The normalized spacial score (nSPS) is 19.5. The molecule has 23 heavy (non-hydrogen) atoms. The van der Waals surface area contributed by atoms with Crippen molar-refractivity contribution in [3.05, 3.63) is 34.4 Å². The Morgan fingerprint density at radius 2 is 2.09 bits per heavy atom. The van der Waals surface area contributed by atoms with Crippen molar-refractivity contribution in [1.82, 2.24) is 15.2 Å². The molecular formula is C13H13Cl2N5O2S. The molecule has 0 radical (unpaired) electrons. The van der Waals surface area contributed by atoms with E-state index in [2.05, 4.69) is 25.8 Å². The molecule has 1 aliphatic heterocycles. The summed E-state index contributed by atoms with van der Waals surface area (Å²) in [5.41, 5.74) is 0.557. The summed E-state index contributed by atoms with van der Waals surface area (Å²) in [6, 6.07) is 4.81. The quantitative estimate of drug-likeness (QED) is 0.849. The lowest BCUT2D eigenvalue weighted by molar-refractivity contribution is 0.602. The number of nitrogens with one attached hydrogen (secondary N) is 2. The maximum absolute atomic E-state index is 11.5. The van der Waals surface area contributed by atoms with Crippen molar-refractivity contribution < 1.29 is 8.42 Å². The zero-order chi connectivity index (χ0) is 16.4. The first-order valence-electron chi connectivity index (χ1n) is 6.80. The number of benzene rings is 1. The second-order valence-corrected chi connectivity index (χ2v) is 8.23. The van der Waals surface area contributed by atoms with Crippen molar-refractivity contribution in [1.29, 1.82) is 0 Å². The van der Waals surface area contributed by atoms with Gasteiger partial charge in [0.05, 0.1) is 28.4 Å². The Morgan fingerprint density at radius 1 is 1.26 bits per heavy atom. The van der Waals surface area contributed by atoms with Gasteiger partial charge in [-0.2, -0.15) is 10.1 Å². The molecule has 1 saturated heterocycles. The lowest BCUT2D eigenvalue weighted by Gasteiger charge is -2.12. The predicted octanol–water partition coefficient (Wildman–Crippen LogP) is 2.52. The number of halogens is 2. The van der Waals surface area contributed by atoms with Crippen molar-refractivity contribution in [2.75, 3.05) is 22.1 Å².